The van der Waals surface area contributed by atoms with Crippen LogP contribution in [-0.4, -0.2) is 50.7 Å². The molecule has 1 aliphatic heterocycles. The van der Waals surface area contributed by atoms with E-state index >= 15 is 0 Å². The number of aromatic amines is 1. The summed E-state index contributed by atoms with van der Waals surface area (Å²) in [7, 11) is 0. The van der Waals surface area contributed by atoms with E-state index in [2.05, 4.69) is 11.9 Å². The third-order valence-electron chi connectivity index (χ3n) is 5.44. The van der Waals surface area contributed by atoms with Crippen molar-refractivity contribution in [3.63, 3.8) is 0 Å². The number of rotatable bonds is 13. The first-order chi connectivity index (χ1) is 14.9. The maximum atomic E-state index is 12.2. The van der Waals surface area contributed by atoms with Crippen molar-refractivity contribution in [1.82, 2.24) is 9.55 Å². The van der Waals surface area contributed by atoms with Gasteiger partial charge in [0, 0.05) is 12.6 Å². The average Bonchev–Trinajstić information content (AvgIpc) is 3.04. The highest BCUT2D eigenvalue weighted by atomic mass is 127. The van der Waals surface area contributed by atoms with Crippen molar-refractivity contribution >= 4 is 28.6 Å². The monoisotopic (exact) mass is 552 g/mol. The van der Waals surface area contributed by atoms with Gasteiger partial charge in [-0.3, -0.25) is 19.1 Å². The summed E-state index contributed by atoms with van der Waals surface area (Å²) in [6, 6.07) is 0. The molecular formula is C21H33IN2O7. The molecule has 0 bridgehead atoms. The van der Waals surface area contributed by atoms with E-state index in [1.807, 2.05) is 0 Å². The highest BCUT2D eigenvalue weighted by Crippen LogP contribution is 2.31. The van der Waals surface area contributed by atoms with E-state index < -0.39 is 48.4 Å². The third kappa shape index (κ3) is 7.69. The van der Waals surface area contributed by atoms with Crippen LogP contribution in [0.5, 0.6) is 0 Å². The average molecular weight is 552 g/mol. The van der Waals surface area contributed by atoms with Crippen LogP contribution in [0.4, 0.5) is 0 Å². The molecule has 31 heavy (non-hydrogen) atoms. The topological polar surface area (TPSA) is 131 Å². The maximum Gasteiger partial charge on any atom is 0.330 e. The molecule has 1 aliphatic rings. The lowest BCUT2D eigenvalue weighted by Crippen LogP contribution is -2.40. The fourth-order valence-electron chi connectivity index (χ4n) is 3.68. The molecule has 10 heteroatoms. The molecule has 0 saturated carbocycles. The molecule has 1 saturated heterocycles. The molecule has 0 radical (unpaired) electrons. The quantitative estimate of drug-likeness (QED) is 0.194. The van der Waals surface area contributed by atoms with E-state index in [4.69, 9.17) is 9.47 Å². The second kappa shape index (κ2) is 13.3. The molecule has 0 aromatic carbocycles. The van der Waals surface area contributed by atoms with Crippen LogP contribution in [0.25, 0.3) is 0 Å². The summed E-state index contributed by atoms with van der Waals surface area (Å²) < 4.78 is 12.2. The van der Waals surface area contributed by atoms with Crippen LogP contribution in [-0.2, 0) is 14.3 Å². The van der Waals surface area contributed by atoms with E-state index in [-0.39, 0.29) is 9.99 Å². The van der Waals surface area contributed by atoms with Gasteiger partial charge >= 0.3 is 11.7 Å². The van der Waals surface area contributed by atoms with Crippen molar-refractivity contribution in [2.75, 3.05) is 6.61 Å². The van der Waals surface area contributed by atoms with E-state index in [0.717, 1.165) is 23.8 Å². The van der Waals surface area contributed by atoms with Gasteiger partial charge < -0.3 is 19.7 Å². The van der Waals surface area contributed by atoms with Gasteiger partial charge in [0.2, 0.25) is 0 Å². The van der Waals surface area contributed by atoms with Gasteiger partial charge in [0.25, 0.3) is 5.56 Å². The van der Waals surface area contributed by atoms with Crippen molar-refractivity contribution in [1.29, 1.82) is 0 Å². The number of aliphatic hydroxyl groups excluding tert-OH is 2. The lowest BCUT2D eigenvalue weighted by Gasteiger charge is -2.20. The molecule has 1 aromatic heterocycles. The van der Waals surface area contributed by atoms with Crippen LogP contribution < -0.4 is 11.2 Å². The highest BCUT2D eigenvalue weighted by Gasteiger charge is 2.47. The number of halogens is 1. The minimum Gasteiger partial charge on any atom is -0.457 e. The highest BCUT2D eigenvalue weighted by molar-refractivity contribution is 14.1. The standard InChI is InChI=1S/C21H33IN2O7/c1-2-3-4-5-6-7-8-9-10-11-16(26)31-18-15(13-25)30-20(17(18)27)24-12-14(22)19(28)23-21(24)29/h12,15,17-18,20,25,27H,2-11,13H2,1H3,(H,23,28,29)/t15-,17-,18-,20-/m1/s1. The second-order valence-corrected chi connectivity index (χ2v) is 9.08. The smallest absolute Gasteiger partial charge is 0.330 e. The Labute approximate surface area is 195 Å². The predicted molar refractivity (Wildman–Crippen MR) is 123 cm³/mol. The lowest BCUT2D eigenvalue weighted by molar-refractivity contribution is -0.156. The molecular weight excluding hydrogens is 519 g/mol. The Balaban J connectivity index is 1.81. The van der Waals surface area contributed by atoms with Gasteiger partial charge in [0.15, 0.2) is 12.3 Å². The third-order valence-corrected chi connectivity index (χ3v) is 6.21. The second-order valence-electron chi connectivity index (χ2n) is 7.91. The Bertz CT molecular complexity index is 810. The molecule has 4 atom stereocenters. The molecule has 2 heterocycles. The Kier molecular flexibility index (Phi) is 11.2. The Hall–Kier alpha value is -1.24. The Morgan fingerprint density at radius 1 is 1.16 bits per heavy atom. The van der Waals surface area contributed by atoms with Crippen molar-refractivity contribution in [3.05, 3.63) is 30.6 Å². The normalized spacial score (nSPS) is 23.2. The molecule has 176 valence electrons. The van der Waals surface area contributed by atoms with Gasteiger partial charge in [0.1, 0.15) is 12.2 Å². The largest absolute Gasteiger partial charge is 0.457 e. The van der Waals surface area contributed by atoms with Crippen molar-refractivity contribution < 1.29 is 24.5 Å². The molecule has 1 aromatic rings. The molecule has 0 amide bonds. The summed E-state index contributed by atoms with van der Waals surface area (Å²) in [6.45, 7) is 1.71. The van der Waals surface area contributed by atoms with Crippen LogP contribution in [0.1, 0.15) is 77.4 Å². The Morgan fingerprint density at radius 3 is 2.39 bits per heavy atom. The van der Waals surface area contributed by atoms with Crippen molar-refractivity contribution in [3.8, 4) is 0 Å². The van der Waals surface area contributed by atoms with E-state index in [1.165, 1.54) is 38.3 Å². The number of ether oxygens (including phenoxy) is 2. The number of carbonyl (C=O) groups is 1. The zero-order chi connectivity index (χ0) is 22.8. The molecule has 9 nitrogen and oxygen atoms in total. The number of hydrogen-bond acceptors (Lipinski definition) is 7. The van der Waals surface area contributed by atoms with E-state index in [1.54, 1.807) is 22.6 Å². The predicted octanol–water partition coefficient (Wildman–Crippen LogP) is 2.22. The number of aromatic nitrogens is 2. The first kappa shape index (κ1) is 26.0. The van der Waals surface area contributed by atoms with Gasteiger partial charge in [-0.2, -0.15) is 0 Å². The lowest BCUT2D eigenvalue weighted by atomic mass is 10.1. The van der Waals surface area contributed by atoms with Crippen LogP contribution in [0.2, 0.25) is 0 Å². The number of aliphatic hydroxyl groups is 2. The number of hydrogen-bond donors (Lipinski definition) is 3. The van der Waals surface area contributed by atoms with Gasteiger partial charge in [-0.05, 0) is 29.0 Å². The van der Waals surface area contributed by atoms with Crippen molar-refractivity contribution in [2.45, 2.75) is 95.7 Å². The zero-order valence-electron chi connectivity index (χ0n) is 17.9. The summed E-state index contributed by atoms with van der Waals surface area (Å²) in [5, 5.41) is 20.2. The number of unbranched alkanes of at least 4 members (excludes halogenated alkanes) is 8. The summed E-state index contributed by atoms with van der Waals surface area (Å²) in [5.41, 5.74) is -1.30. The number of nitrogens with one attached hydrogen (secondary N) is 1. The van der Waals surface area contributed by atoms with Gasteiger partial charge in [-0.15, -0.1) is 0 Å². The van der Waals surface area contributed by atoms with Crippen LogP contribution >= 0.6 is 22.6 Å². The molecule has 0 unspecified atom stereocenters. The SMILES string of the molecule is CCCCCCCCCCCC(=O)O[C@H]1[C@@H](O)[C@H](n2cc(I)c(=O)[nH]c2=O)O[C@@H]1CO. The minimum atomic E-state index is -1.36. The first-order valence-electron chi connectivity index (χ1n) is 11.0. The summed E-state index contributed by atoms with van der Waals surface area (Å²) in [5.74, 6) is -0.474. The Morgan fingerprint density at radius 2 is 1.77 bits per heavy atom. The van der Waals surface area contributed by atoms with Crippen molar-refractivity contribution in [2.24, 2.45) is 0 Å². The van der Waals surface area contributed by atoms with Crippen LogP contribution in [0.15, 0.2) is 15.8 Å². The zero-order valence-corrected chi connectivity index (χ0v) is 20.1. The molecule has 0 aliphatic carbocycles. The van der Waals surface area contributed by atoms with Crippen LogP contribution in [0.3, 0.4) is 0 Å². The van der Waals surface area contributed by atoms with E-state index in [0.29, 0.717) is 6.42 Å². The fraction of sp³-hybridized carbons (Fsp3) is 0.762. The summed E-state index contributed by atoms with van der Waals surface area (Å²) in [6.07, 6.45) is 7.03. The van der Waals surface area contributed by atoms with Gasteiger partial charge in [-0.25, -0.2) is 4.79 Å². The summed E-state index contributed by atoms with van der Waals surface area (Å²) in [4.78, 5) is 38.0. The molecule has 2 rings (SSSR count). The summed E-state index contributed by atoms with van der Waals surface area (Å²) >= 11 is 1.76. The number of carbonyl (C=O) groups excluding carboxylic acids is 1. The number of H-pyrrole nitrogens is 1. The first-order valence-corrected chi connectivity index (χ1v) is 12.1. The molecule has 0 spiro atoms. The number of esters is 1. The molecule has 1 fully saturated rings. The molecule has 3 N–H and O–H groups in total. The van der Waals surface area contributed by atoms with Gasteiger partial charge in [-0.1, -0.05) is 58.3 Å². The maximum absolute atomic E-state index is 12.2. The number of nitrogens with zero attached hydrogens (tertiary/aromatic N) is 1. The fourth-order valence-corrected chi connectivity index (χ4v) is 4.12. The van der Waals surface area contributed by atoms with E-state index in [9.17, 15) is 24.6 Å². The van der Waals surface area contributed by atoms with Crippen LogP contribution in [0, 0.1) is 3.57 Å². The minimum absolute atomic E-state index is 0.221. The van der Waals surface area contributed by atoms with Gasteiger partial charge in [0.05, 0.1) is 10.2 Å².